The van der Waals surface area contributed by atoms with E-state index in [0.29, 0.717) is 12.5 Å². The molecule has 126 valence electrons. The zero-order valence-electron chi connectivity index (χ0n) is 13.5. The van der Waals surface area contributed by atoms with Crippen molar-refractivity contribution >= 4 is 38.7 Å². The second-order valence-corrected chi connectivity index (χ2v) is 8.02. The Balaban J connectivity index is 1.51. The van der Waals surface area contributed by atoms with Gasteiger partial charge in [-0.2, -0.15) is 0 Å². The quantitative estimate of drug-likeness (QED) is 0.739. The summed E-state index contributed by atoms with van der Waals surface area (Å²) >= 11 is 3.57. The molecule has 1 atom stereocenters. The first-order chi connectivity index (χ1) is 11.6. The van der Waals surface area contributed by atoms with Crippen molar-refractivity contribution in [3.8, 4) is 0 Å². The number of hydrogen-bond acceptors (Lipinski definition) is 4. The number of fused-ring (bicyclic) bond motifs is 3. The summed E-state index contributed by atoms with van der Waals surface area (Å²) in [6.07, 6.45) is 2.04. The van der Waals surface area contributed by atoms with Crippen LogP contribution >= 0.6 is 15.9 Å². The number of amides is 1. The molecule has 2 bridgehead atoms. The number of aryl methyl sites for hydroxylation is 1. The van der Waals surface area contributed by atoms with Crippen LogP contribution in [0.5, 0.6) is 0 Å². The van der Waals surface area contributed by atoms with Crippen molar-refractivity contribution < 1.29 is 13.9 Å². The van der Waals surface area contributed by atoms with Gasteiger partial charge in [-0.25, -0.2) is 4.79 Å². The summed E-state index contributed by atoms with van der Waals surface area (Å²) in [5.74, 6) is 1.34. The van der Waals surface area contributed by atoms with Crippen LogP contribution in [0.25, 0.3) is 11.0 Å². The van der Waals surface area contributed by atoms with E-state index in [1.165, 1.54) is 0 Å². The molecule has 0 radical (unpaired) electrons. The molecule has 4 saturated heterocycles. The lowest BCUT2D eigenvalue weighted by Crippen LogP contribution is -2.61. The fraction of sp³-hybridized carbons (Fsp3) is 0.500. The van der Waals surface area contributed by atoms with Gasteiger partial charge in [0.15, 0.2) is 0 Å². The predicted molar refractivity (Wildman–Crippen MR) is 94.4 cm³/mol. The van der Waals surface area contributed by atoms with E-state index in [-0.39, 0.29) is 11.7 Å². The number of nitrogens with zero attached hydrogens (tertiary/aromatic N) is 2. The summed E-state index contributed by atoms with van der Waals surface area (Å²) in [6.45, 7) is 5.72. The number of hydrogen-bond donors (Lipinski definition) is 0. The Morgan fingerprint density at radius 3 is 2.75 bits per heavy atom. The van der Waals surface area contributed by atoms with Gasteiger partial charge in [-0.1, -0.05) is 0 Å². The fourth-order valence-electron chi connectivity index (χ4n) is 4.56. The van der Waals surface area contributed by atoms with E-state index in [1.807, 2.05) is 25.1 Å². The zero-order valence-corrected chi connectivity index (χ0v) is 15.1. The number of anilines is 1. The number of rotatable bonds is 1. The number of benzene rings is 1. The van der Waals surface area contributed by atoms with Crippen molar-refractivity contribution in [1.82, 2.24) is 4.90 Å². The van der Waals surface area contributed by atoms with Gasteiger partial charge in [-0.15, -0.1) is 0 Å². The lowest BCUT2D eigenvalue weighted by molar-refractivity contribution is -0.0881. The maximum absolute atomic E-state index is 12.6. The van der Waals surface area contributed by atoms with Crippen LogP contribution in [0.4, 0.5) is 10.5 Å². The van der Waals surface area contributed by atoms with Gasteiger partial charge >= 0.3 is 6.09 Å². The molecule has 24 heavy (non-hydrogen) atoms. The van der Waals surface area contributed by atoms with Gasteiger partial charge in [0.1, 0.15) is 16.9 Å². The monoisotopic (exact) mass is 390 g/mol. The molecule has 1 amide bonds. The molecule has 4 fully saturated rings. The molecule has 1 aromatic heterocycles. The largest absolute Gasteiger partial charge is 0.460 e. The zero-order chi connectivity index (χ0) is 16.5. The molecule has 5 nitrogen and oxygen atoms in total. The van der Waals surface area contributed by atoms with E-state index in [4.69, 9.17) is 9.15 Å². The minimum Gasteiger partial charge on any atom is -0.460 e. The molecule has 2 aromatic rings. The third-order valence-electron chi connectivity index (χ3n) is 5.84. The Bertz CT molecular complexity index is 840. The molecule has 0 unspecified atom stereocenters. The Morgan fingerprint density at radius 2 is 2.04 bits per heavy atom. The first kappa shape index (κ1) is 14.8. The van der Waals surface area contributed by atoms with Crippen LogP contribution in [0.1, 0.15) is 18.6 Å². The molecule has 0 saturated carbocycles. The Labute approximate surface area is 148 Å². The van der Waals surface area contributed by atoms with Gasteiger partial charge in [0, 0.05) is 23.5 Å². The minimum absolute atomic E-state index is 0.223. The number of furan rings is 1. The summed E-state index contributed by atoms with van der Waals surface area (Å²) in [7, 11) is 0. The van der Waals surface area contributed by atoms with Gasteiger partial charge in [-0.05, 0) is 67.0 Å². The molecule has 6 rings (SSSR count). The SMILES string of the molecule is Cc1oc2ccc(N3C[C@@]4(CN5CCC4CC5)OC3=O)cc2c1Br. The maximum atomic E-state index is 12.6. The number of halogens is 1. The Hall–Kier alpha value is -1.53. The second kappa shape index (κ2) is 4.99. The second-order valence-electron chi connectivity index (χ2n) is 7.22. The predicted octanol–water partition coefficient (Wildman–Crippen LogP) is 3.92. The molecule has 0 aliphatic carbocycles. The fourth-order valence-corrected chi connectivity index (χ4v) is 4.95. The molecule has 4 aliphatic heterocycles. The first-order valence-electron chi connectivity index (χ1n) is 8.47. The third-order valence-corrected chi connectivity index (χ3v) is 6.83. The molecule has 5 heterocycles. The topological polar surface area (TPSA) is 45.9 Å². The molecular weight excluding hydrogens is 372 g/mol. The average molecular weight is 391 g/mol. The molecule has 1 aromatic carbocycles. The van der Waals surface area contributed by atoms with E-state index < -0.39 is 0 Å². The van der Waals surface area contributed by atoms with Gasteiger partial charge in [-0.3, -0.25) is 9.80 Å². The van der Waals surface area contributed by atoms with E-state index in [0.717, 1.165) is 59.4 Å². The van der Waals surface area contributed by atoms with Crippen LogP contribution in [-0.4, -0.2) is 42.8 Å². The number of ether oxygens (including phenoxy) is 1. The van der Waals surface area contributed by atoms with E-state index in [9.17, 15) is 4.79 Å². The van der Waals surface area contributed by atoms with Crippen LogP contribution in [0.15, 0.2) is 27.1 Å². The van der Waals surface area contributed by atoms with Crippen LogP contribution in [-0.2, 0) is 4.74 Å². The summed E-state index contributed by atoms with van der Waals surface area (Å²) in [5.41, 5.74) is 1.38. The van der Waals surface area contributed by atoms with Crippen LogP contribution < -0.4 is 4.90 Å². The molecule has 0 N–H and O–H groups in total. The smallest absolute Gasteiger partial charge is 0.415 e. The molecule has 1 spiro atoms. The molecule has 4 aliphatic rings. The Kier molecular flexibility index (Phi) is 3.07. The minimum atomic E-state index is -0.327. The number of carbonyl (C=O) groups excluding carboxylic acids is 1. The van der Waals surface area contributed by atoms with Crippen molar-refractivity contribution in [2.45, 2.75) is 25.4 Å². The van der Waals surface area contributed by atoms with Gasteiger partial charge < -0.3 is 9.15 Å². The van der Waals surface area contributed by atoms with E-state index >= 15 is 0 Å². The number of carbonyl (C=O) groups is 1. The summed E-state index contributed by atoms with van der Waals surface area (Å²) < 4.78 is 12.6. The van der Waals surface area contributed by atoms with Crippen molar-refractivity contribution in [3.05, 3.63) is 28.4 Å². The highest BCUT2D eigenvalue weighted by molar-refractivity contribution is 9.10. The van der Waals surface area contributed by atoms with Gasteiger partial charge in [0.2, 0.25) is 0 Å². The molecule has 6 heteroatoms. The number of piperidine rings is 3. The highest BCUT2D eigenvalue weighted by Crippen LogP contribution is 2.44. The lowest BCUT2D eigenvalue weighted by Gasteiger charge is -2.49. The maximum Gasteiger partial charge on any atom is 0.415 e. The van der Waals surface area contributed by atoms with Crippen molar-refractivity contribution in [1.29, 1.82) is 0 Å². The van der Waals surface area contributed by atoms with Crippen LogP contribution in [0.2, 0.25) is 0 Å². The van der Waals surface area contributed by atoms with Gasteiger partial charge in [0.25, 0.3) is 0 Å². The van der Waals surface area contributed by atoms with E-state index in [2.05, 4.69) is 20.8 Å². The van der Waals surface area contributed by atoms with Crippen molar-refractivity contribution in [2.75, 3.05) is 31.1 Å². The summed E-state index contributed by atoms with van der Waals surface area (Å²) in [6, 6.07) is 5.88. The standard InChI is InChI=1S/C18H19BrN2O3/c1-11-16(19)14-8-13(2-3-15(14)23-11)21-10-18(24-17(21)22)9-20-6-4-12(18)5-7-20/h2-3,8,12H,4-7,9-10H2,1H3/t18-/m1/s1. The lowest BCUT2D eigenvalue weighted by atomic mass is 9.75. The van der Waals surface area contributed by atoms with Crippen LogP contribution in [0.3, 0.4) is 0 Å². The summed E-state index contributed by atoms with van der Waals surface area (Å²) in [5, 5.41) is 0.993. The Morgan fingerprint density at radius 1 is 1.25 bits per heavy atom. The highest BCUT2D eigenvalue weighted by atomic mass is 79.9. The first-order valence-corrected chi connectivity index (χ1v) is 9.27. The molecular formula is C18H19BrN2O3. The normalized spacial score (nSPS) is 32.1. The van der Waals surface area contributed by atoms with Gasteiger partial charge in [0.05, 0.1) is 11.0 Å². The average Bonchev–Trinajstić information content (AvgIpc) is 3.05. The van der Waals surface area contributed by atoms with Crippen molar-refractivity contribution in [3.63, 3.8) is 0 Å². The summed E-state index contributed by atoms with van der Waals surface area (Å²) in [4.78, 5) is 16.8. The third kappa shape index (κ3) is 1.99. The van der Waals surface area contributed by atoms with E-state index in [1.54, 1.807) is 4.90 Å². The van der Waals surface area contributed by atoms with Crippen molar-refractivity contribution in [2.24, 2.45) is 5.92 Å². The highest BCUT2D eigenvalue weighted by Gasteiger charge is 2.55. The van der Waals surface area contributed by atoms with Crippen LogP contribution in [0, 0.1) is 12.8 Å².